The van der Waals surface area contributed by atoms with Crippen molar-refractivity contribution in [3.63, 3.8) is 0 Å². The Balaban J connectivity index is 1.70. The van der Waals surface area contributed by atoms with Gasteiger partial charge in [0.25, 0.3) is 0 Å². The normalized spacial score (nSPS) is 14.9. The molecule has 1 heterocycles. The van der Waals surface area contributed by atoms with Crippen LogP contribution in [0.4, 0.5) is 5.82 Å². The Morgan fingerprint density at radius 2 is 2.16 bits per heavy atom. The summed E-state index contributed by atoms with van der Waals surface area (Å²) in [6.07, 6.45) is 4.94. The molecule has 0 radical (unpaired) electrons. The van der Waals surface area contributed by atoms with E-state index in [4.69, 9.17) is 4.74 Å². The largest absolute Gasteiger partial charge is 0.379 e. The Kier molecular flexibility index (Phi) is 5.58. The van der Waals surface area contributed by atoms with Crippen LogP contribution in [0.15, 0.2) is 10.7 Å². The third kappa shape index (κ3) is 5.45. The number of anilines is 1. The van der Waals surface area contributed by atoms with E-state index in [0.29, 0.717) is 12.0 Å². The smallest absolute Gasteiger partial charge is 0.135 e. The van der Waals surface area contributed by atoms with Crippen molar-refractivity contribution in [1.29, 1.82) is 0 Å². The summed E-state index contributed by atoms with van der Waals surface area (Å²) in [6.45, 7) is 5.89. The quantitative estimate of drug-likeness (QED) is 0.583. The Morgan fingerprint density at radius 1 is 1.37 bits per heavy atom. The highest BCUT2D eigenvalue weighted by Gasteiger charge is 2.27. The van der Waals surface area contributed by atoms with E-state index in [1.807, 2.05) is 6.07 Å². The van der Waals surface area contributed by atoms with Crippen LogP contribution >= 0.6 is 15.9 Å². The van der Waals surface area contributed by atoms with Gasteiger partial charge < -0.3 is 10.1 Å². The molecule has 4 nitrogen and oxygen atoms in total. The molecule has 0 atom stereocenters. The first-order chi connectivity index (χ1) is 9.15. The fraction of sp³-hybridized carbons (Fsp3) is 0.714. The first-order valence-corrected chi connectivity index (χ1v) is 7.84. The molecule has 1 saturated carbocycles. The zero-order chi connectivity index (χ0) is 13.7. The predicted octanol–water partition coefficient (Wildman–Crippen LogP) is 3.73. The number of nitrogens with zero attached hydrogens (tertiary/aromatic N) is 2. The molecule has 1 aromatic heterocycles. The van der Waals surface area contributed by atoms with E-state index in [-0.39, 0.29) is 0 Å². The summed E-state index contributed by atoms with van der Waals surface area (Å²) < 4.78 is 6.38. The molecule has 0 bridgehead atoms. The van der Waals surface area contributed by atoms with E-state index in [0.717, 1.165) is 42.2 Å². The summed E-state index contributed by atoms with van der Waals surface area (Å²) in [4.78, 5) is 8.98. The van der Waals surface area contributed by atoms with Crippen LogP contribution in [-0.4, -0.2) is 29.2 Å². The second-order valence-corrected chi connectivity index (χ2v) is 6.07. The van der Waals surface area contributed by atoms with Gasteiger partial charge >= 0.3 is 0 Å². The van der Waals surface area contributed by atoms with Crippen molar-refractivity contribution < 1.29 is 4.74 Å². The molecule has 1 aliphatic rings. The van der Waals surface area contributed by atoms with E-state index in [1.165, 1.54) is 12.8 Å². The average molecular weight is 328 g/mol. The van der Waals surface area contributed by atoms with Crippen LogP contribution < -0.4 is 5.32 Å². The maximum absolute atomic E-state index is 5.51. The number of hydrogen-bond acceptors (Lipinski definition) is 4. The maximum atomic E-state index is 5.51. The molecule has 0 spiro atoms. The fourth-order valence-corrected chi connectivity index (χ4v) is 2.21. The number of rotatable bonds is 8. The highest BCUT2D eigenvalue weighted by Crippen LogP contribution is 2.38. The summed E-state index contributed by atoms with van der Waals surface area (Å²) in [5.74, 6) is 2.48. The molecule has 0 aliphatic heterocycles. The van der Waals surface area contributed by atoms with E-state index in [1.54, 1.807) is 0 Å². The number of unbranched alkanes of at least 4 members (excludes halogenated alkanes) is 1. The van der Waals surface area contributed by atoms with Gasteiger partial charge in [0.15, 0.2) is 0 Å². The van der Waals surface area contributed by atoms with Crippen molar-refractivity contribution in [2.45, 2.75) is 51.6 Å². The molecule has 0 amide bonds. The molecule has 0 aromatic carbocycles. The second-order valence-electron chi connectivity index (χ2n) is 5.26. The summed E-state index contributed by atoms with van der Waals surface area (Å²) in [6, 6.07) is 1.94. The lowest BCUT2D eigenvalue weighted by molar-refractivity contribution is 0.0765. The number of aromatic nitrogens is 2. The highest BCUT2D eigenvalue weighted by atomic mass is 79.9. The third-order valence-electron chi connectivity index (χ3n) is 2.98. The zero-order valence-electron chi connectivity index (χ0n) is 11.7. The van der Waals surface area contributed by atoms with Crippen LogP contribution in [0, 0.1) is 0 Å². The Morgan fingerprint density at radius 3 is 2.84 bits per heavy atom. The van der Waals surface area contributed by atoms with Crippen molar-refractivity contribution in [1.82, 2.24) is 9.97 Å². The second kappa shape index (κ2) is 7.20. The summed E-state index contributed by atoms with van der Waals surface area (Å²) >= 11 is 3.45. The number of nitrogens with one attached hydrogen (secondary N) is 1. The summed E-state index contributed by atoms with van der Waals surface area (Å²) in [5.41, 5.74) is 0. The van der Waals surface area contributed by atoms with Crippen LogP contribution in [-0.2, 0) is 4.74 Å². The number of ether oxygens (including phenoxy) is 1. The molecular formula is C14H22BrN3O. The third-order valence-corrected chi connectivity index (χ3v) is 3.39. The molecule has 0 saturated heterocycles. The molecule has 1 aromatic rings. The van der Waals surface area contributed by atoms with Gasteiger partial charge in [-0.05, 0) is 55.5 Å². The van der Waals surface area contributed by atoms with Crippen LogP contribution in [0.25, 0.3) is 0 Å². The van der Waals surface area contributed by atoms with Gasteiger partial charge in [0, 0.05) is 25.1 Å². The Hall–Kier alpha value is -0.680. The minimum absolute atomic E-state index is 0.326. The molecule has 106 valence electrons. The number of hydrogen-bond donors (Lipinski definition) is 1. The molecule has 5 heteroatoms. The molecule has 0 unspecified atom stereocenters. The summed E-state index contributed by atoms with van der Waals surface area (Å²) in [5, 5.41) is 3.36. The van der Waals surface area contributed by atoms with Crippen LogP contribution in [0.5, 0.6) is 0 Å². The van der Waals surface area contributed by atoms with Gasteiger partial charge in [0.1, 0.15) is 16.2 Å². The lowest BCUT2D eigenvalue weighted by Gasteiger charge is -2.09. The standard InChI is InChI=1S/C14H22BrN3O/c1-10(2)19-8-4-3-7-16-13-9-12(15)17-14(18-13)11-5-6-11/h9-11H,3-8H2,1-2H3,(H,16,17,18). The first-order valence-electron chi connectivity index (χ1n) is 7.05. The van der Waals surface area contributed by atoms with Gasteiger partial charge in [0.05, 0.1) is 6.10 Å². The van der Waals surface area contributed by atoms with Gasteiger partial charge in [-0.2, -0.15) is 0 Å². The molecule has 19 heavy (non-hydrogen) atoms. The van der Waals surface area contributed by atoms with Gasteiger partial charge in [0.2, 0.25) is 0 Å². The first kappa shape index (κ1) is 14.7. The SMILES string of the molecule is CC(C)OCCCCNc1cc(Br)nc(C2CC2)n1. The van der Waals surface area contributed by atoms with Crippen LogP contribution in [0.2, 0.25) is 0 Å². The van der Waals surface area contributed by atoms with Crippen LogP contribution in [0.3, 0.4) is 0 Å². The van der Waals surface area contributed by atoms with Crippen LogP contribution in [0.1, 0.15) is 51.3 Å². The van der Waals surface area contributed by atoms with Gasteiger partial charge in [-0.15, -0.1) is 0 Å². The molecular weight excluding hydrogens is 306 g/mol. The van der Waals surface area contributed by atoms with Gasteiger partial charge in [-0.3, -0.25) is 0 Å². The molecule has 1 fully saturated rings. The topological polar surface area (TPSA) is 47.0 Å². The number of halogens is 1. The van der Waals surface area contributed by atoms with Gasteiger partial charge in [-0.1, -0.05) is 0 Å². The molecule has 1 aliphatic carbocycles. The minimum Gasteiger partial charge on any atom is -0.379 e. The zero-order valence-corrected chi connectivity index (χ0v) is 13.2. The highest BCUT2D eigenvalue weighted by molar-refractivity contribution is 9.10. The lowest BCUT2D eigenvalue weighted by Crippen LogP contribution is -2.08. The van der Waals surface area contributed by atoms with Gasteiger partial charge in [-0.25, -0.2) is 9.97 Å². The Labute approximate surface area is 123 Å². The minimum atomic E-state index is 0.326. The van der Waals surface area contributed by atoms with Crippen molar-refractivity contribution >= 4 is 21.7 Å². The van der Waals surface area contributed by atoms with Crippen molar-refractivity contribution in [3.8, 4) is 0 Å². The predicted molar refractivity (Wildman–Crippen MR) is 80.5 cm³/mol. The molecule has 1 N–H and O–H groups in total. The average Bonchev–Trinajstić information content (AvgIpc) is 3.16. The van der Waals surface area contributed by atoms with E-state index in [9.17, 15) is 0 Å². The molecule has 2 rings (SSSR count). The fourth-order valence-electron chi connectivity index (χ4n) is 1.81. The van der Waals surface area contributed by atoms with E-state index >= 15 is 0 Å². The van der Waals surface area contributed by atoms with Crippen molar-refractivity contribution in [2.24, 2.45) is 0 Å². The van der Waals surface area contributed by atoms with E-state index in [2.05, 4.69) is 45.1 Å². The maximum Gasteiger partial charge on any atom is 0.135 e. The van der Waals surface area contributed by atoms with Crippen molar-refractivity contribution in [3.05, 3.63) is 16.5 Å². The van der Waals surface area contributed by atoms with Crippen molar-refractivity contribution in [2.75, 3.05) is 18.5 Å². The monoisotopic (exact) mass is 327 g/mol. The lowest BCUT2D eigenvalue weighted by atomic mass is 10.3. The Bertz CT molecular complexity index is 408. The summed E-state index contributed by atoms with van der Waals surface area (Å²) in [7, 11) is 0. The van der Waals surface area contributed by atoms with E-state index < -0.39 is 0 Å².